The van der Waals surface area contributed by atoms with Gasteiger partial charge in [-0.1, -0.05) is 31.0 Å². The number of carbonyl (C=O) groups is 1. The number of amides is 1. The van der Waals surface area contributed by atoms with Crippen LogP contribution in [-0.4, -0.2) is 28.9 Å². The number of benzene rings is 1. The minimum Gasteiger partial charge on any atom is -0.342 e. The van der Waals surface area contributed by atoms with Gasteiger partial charge >= 0.3 is 0 Å². The van der Waals surface area contributed by atoms with Crippen LogP contribution in [0.3, 0.4) is 0 Å². The first-order valence-electron chi connectivity index (χ1n) is 9.64. The van der Waals surface area contributed by atoms with Gasteiger partial charge in [-0.25, -0.2) is 4.39 Å². The van der Waals surface area contributed by atoms with Crippen molar-refractivity contribution in [3.8, 4) is 0 Å². The average molecular weight is 352 g/mol. The van der Waals surface area contributed by atoms with Crippen LogP contribution >= 0.6 is 0 Å². The molecule has 2 aliphatic rings. The Morgan fingerprint density at radius 2 is 1.88 bits per heavy atom. The molecule has 1 saturated heterocycles. The van der Waals surface area contributed by atoms with Gasteiger partial charge in [0.15, 0.2) is 0 Å². The van der Waals surface area contributed by atoms with Crippen molar-refractivity contribution in [1.29, 1.82) is 0 Å². The topological polar surface area (TPSA) is 33.2 Å². The van der Waals surface area contributed by atoms with Gasteiger partial charge in [-0.3, -0.25) is 9.78 Å². The van der Waals surface area contributed by atoms with Gasteiger partial charge in [0.25, 0.3) is 0 Å². The SMILES string of the molecule is O=C(N1CCC(c2cccnc2)CC1)C1(c2cccc(F)c2)CCCC1. The first-order valence-corrected chi connectivity index (χ1v) is 9.64. The molecule has 0 atom stereocenters. The number of rotatable bonds is 3. The van der Waals surface area contributed by atoms with Gasteiger partial charge in [-0.05, 0) is 60.9 Å². The molecule has 1 amide bonds. The number of piperidine rings is 1. The Kier molecular flexibility index (Phi) is 4.75. The number of halogens is 1. The molecule has 2 aromatic rings. The highest BCUT2D eigenvalue weighted by molar-refractivity contribution is 5.88. The number of hydrogen-bond acceptors (Lipinski definition) is 2. The zero-order chi connectivity index (χ0) is 18.0. The predicted molar refractivity (Wildman–Crippen MR) is 99.3 cm³/mol. The van der Waals surface area contributed by atoms with Crippen molar-refractivity contribution in [3.63, 3.8) is 0 Å². The van der Waals surface area contributed by atoms with E-state index in [1.807, 2.05) is 23.2 Å². The van der Waals surface area contributed by atoms with E-state index in [4.69, 9.17) is 0 Å². The molecule has 1 saturated carbocycles. The lowest BCUT2D eigenvalue weighted by Crippen LogP contribution is -2.48. The molecule has 0 unspecified atom stereocenters. The van der Waals surface area contributed by atoms with Crippen LogP contribution in [0.25, 0.3) is 0 Å². The molecule has 0 bridgehead atoms. The Morgan fingerprint density at radius 3 is 2.54 bits per heavy atom. The molecule has 1 aliphatic carbocycles. The van der Waals surface area contributed by atoms with Gasteiger partial charge in [-0.2, -0.15) is 0 Å². The highest BCUT2D eigenvalue weighted by Crippen LogP contribution is 2.43. The molecular formula is C22H25FN2O. The van der Waals surface area contributed by atoms with Crippen molar-refractivity contribution >= 4 is 5.91 Å². The molecule has 1 aromatic heterocycles. The summed E-state index contributed by atoms with van der Waals surface area (Å²) >= 11 is 0. The van der Waals surface area contributed by atoms with Gasteiger partial charge in [0.2, 0.25) is 5.91 Å². The molecule has 0 radical (unpaired) electrons. The molecule has 0 N–H and O–H groups in total. The van der Waals surface area contributed by atoms with Crippen molar-refractivity contribution in [2.75, 3.05) is 13.1 Å². The summed E-state index contributed by atoms with van der Waals surface area (Å²) in [5.74, 6) is 0.420. The number of likely N-dealkylation sites (tertiary alicyclic amines) is 1. The number of carbonyl (C=O) groups excluding carboxylic acids is 1. The first-order chi connectivity index (χ1) is 12.7. The molecule has 4 heteroatoms. The van der Waals surface area contributed by atoms with Gasteiger partial charge in [0, 0.05) is 25.5 Å². The van der Waals surface area contributed by atoms with Crippen molar-refractivity contribution in [2.45, 2.75) is 49.9 Å². The molecule has 3 nitrogen and oxygen atoms in total. The van der Waals surface area contributed by atoms with Crippen molar-refractivity contribution in [1.82, 2.24) is 9.88 Å². The van der Waals surface area contributed by atoms with Gasteiger partial charge in [0.1, 0.15) is 5.82 Å². The van der Waals surface area contributed by atoms with Crippen LogP contribution in [0.2, 0.25) is 0 Å². The fourth-order valence-electron chi connectivity index (χ4n) is 4.73. The Labute approximate surface area is 154 Å². The van der Waals surface area contributed by atoms with E-state index in [1.165, 1.54) is 11.6 Å². The molecule has 1 aromatic carbocycles. The minimum absolute atomic E-state index is 0.199. The van der Waals surface area contributed by atoms with Crippen LogP contribution in [0.1, 0.15) is 55.6 Å². The monoisotopic (exact) mass is 352 g/mol. The molecule has 1 aliphatic heterocycles. The number of hydrogen-bond donors (Lipinski definition) is 0. The van der Waals surface area contributed by atoms with E-state index in [0.29, 0.717) is 5.92 Å². The van der Waals surface area contributed by atoms with E-state index in [0.717, 1.165) is 57.2 Å². The fraction of sp³-hybridized carbons (Fsp3) is 0.455. The van der Waals surface area contributed by atoms with Crippen molar-refractivity contribution in [2.24, 2.45) is 0 Å². The second-order valence-corrected chi connectivity index (χ2v) is 7.65. The smallest absolute Gasteiger partial charge is 0.233 e. The summed E-state index contributed by atoms with van der Waals surface area (Å²) in [5, 5.41) is 0. The molecule has 2 fully saturated rings. The highest BCUT2D eigenvalue weighted by Gasteiger charge is 2.45. The molecule has 26 heavy (non-hydrogen) atoms. The molecule has 0 spiro atoms. The zero-order valence-corrected chi connectivity index (χ0v) is 15.0. The van der Waals surface area contributed by atoms with Crippen LogP contribution in [0, 0.1) is 5.82 Å². The number of pyridine rings is 1. The van der Waals surface area contributed by atoms with Crippen LogP contribution < -0.4 is 0 Å². The maximum absolute atomic E-state index is 13.8. The molecular weight excluding hydrogens is 327 g/mol. The van der Waals surface area contributed by atoms with E-state index in [-0.39, 0.29) is 11.7 Å². The quantitative estimate of drug-likeness (QED) is 0.818. The van der Waals surface area contributed by atoms with Crippen LogP contribution in [0.15, 0.2) is 48.8 Å². The lowest BCUT2D eigenvalue weighted by Gasteiger charge is -2.39. The summed E-state index contributed by atoms with van der Waals surface area (Å²) in [6.07, 6.45) is 9.41. The third kappa shape index (κ3) is 3.13. The molecule has 136 valence electrons. The lowest BCUT2D eigenvalue weighted by molar-refractivity contribution is -0.138. The predicted octanol–water partition coefficient (Wildman–Crippen LogP) is 4.44. The Balaban J connectivity index is 1.51. The fourth-order valence-corrected chi connectivity index (χ4v) is 4.73. The van der Waals surface area contributed by atoms with Gasteiger partial charge < -0.3 is 4.90 Å². The molecule has 4 rings (SSSR count). The maximum atomic E-state index is 13.8. The van der Waals surface area contributed by atoms with E-state index in [9.17, 15) is 9.18 Å². The van der Waals surface area contributed by atoms with Crippen LogP contribution in [0.5, 0.6) is 0 Å². The van der Waals surface area contributed by atoms with E-state index in [1.54, 1.807) is 18.3 Å². The summed E-state index contributed by atoms with van der Waals surface area (Å²) in [5.41, 5.74) is 1.60. The van der Waals surface area contributed by atoms with Crippen LogP contribution in [-0.2, 0) is 10.2 Å². The Morgan fingerprint density at radius 1 is 1.12 bits per heavy atom. The summed E-state index contributed by atoms with van der Waals surface area (Å²) < 4.78 is 13.8. The summed E-state index contributed by atoms with van der Waals surface area (Å²) in [4.78, 5) is 19.7. The van der Waals surface area contributed by atoms with Crippen molar-refractivity contribution in [3.05, 3.63) is 65.7 Å². The minimum atomic E-state index is -0.525. The van der Waals surface area contributed by atoms with Gasteiger partial charge in [0.05, 0.1) is 5.41 Å². The third-order valence-corrected chi connectivity index (χ3v) is 6.18. The number of aromatic nitrogens is 1. The normalized spacial score (nSPS) is 20.3. The Hall–Kier alpha value is -2.23. The largest absolute Gasteiger partial charge is 0.342 e. The summed E-state index contributed by atoms with van der Waals surface area (Å²) in [7, 11) is 0. The average Bonchev–Trinajstić information content (AvgIpc) is 3.19. The number of nitrogens with zero attached hydrogens (tertiary/aromatic N) is 2. The third-order valence-electron chi connectivity index (χ3n) is 6.18. The lowest BCUT2D eigenvalue weighted by atomic mass is 9.76. The van der Waals surface area contributed by atoms with Gasteiger partial charge in [-0.15, -0.1) is 0 Å². The zero-order valence-electron chi connectivity index (χ0n) is 15.0. The summed E-state index contributed by atoms with van der Waals surface area (Å²) in [6, 6.07) is 10.8. The first kappa shape index (κ1) is 17.2. The maximum Gasteiger partial charge on any atom is 0.233 e. The van der Waals surface area contributed by atoms with Crippen molar-refractivity contribution < 1.29 is 9.18 Å². The second kappa shape index (κ2) is 7.18. The summed E-state index contributed by atoms with van der Waals surface area (Å²) in [6.45, 7) is 1.55. The van der Waals surface area contributed by atoms with E-state index in [2.05, 4.69) is 11.1 Å². The highest BCUT2D eigenvalue weighted by atomic mass is 19.1. The molecule has 2 heterocycles. The standard InChI is InChI=1S/C22H25FN2O/c23-20-7-3-6-19(15-20)22(10-1-2-11-22)21(26)25-13-8-17(9-14-25)18-5-4-12-24-16-18/h3-7,12,15-17H,1-2,8-11,13-14H2. The Bertz CT molecular complexity index is 763. The van der Waals surface area contributed by atoms with Crippen LogP contribution in [0.4, 0.5) is 4.39 Å². The van der Waals surface area contributed by atoms with E-state index >= 15 is 0 Å². The van der Waals surface area contributed by atoms with E-state index < -0.39 is 5.41 Å². The second-order valence-electron chi connectivity index (χ2n) is 7.65.